The van der Waals surface area contributed by atoms with Crippen molar-refractivity contribution in [1.29, 1.82) is 0 Å². The molecule has 1 aromatic rings. The summed E-state index contributed by atoms with van der Waals surface area (Å²) in [6.07, 6.45) is 5.84. The zero-order chi connectivity index (χ0) is 8.55. The topological polar surface area (TPSA) is 33.1 Å². The summed E-state index contributed by atoms with van der Waals surface area (Å²) in [6.45, 7) is 2.21. The van der Waals surface area contributed by atoms with E-state index >= 15 is 0 Å². The summed E-state index contributed by atoms with van der Waals surface area (Å²) < 4.78 is 0. The molecule has 12 heavy (non-hydrogen) atoms. The van der Waals surface area contributed by atoms with E-state index in [0.717, 1.165) is 5.92 Å². The highest BCUT2D eigenvalue weighted by Crippen LogP contribution is 2.49. The normalized spacial score (nSPS) is 27.1. The number of nitrogens with zero attached hydrogens (tertiary/aromatic N) is 1. The van der Waals surface area contributed by atoms with E-state index in [9.17, 15) is 5.11 Å². The van der Waals surface area contributed by atoms with E-state index in [0.29, 0.717) is 5.92 Å². The van der Waals surface area contributed by atoms with Crippen LogP contribution in [0.1, 0.15) is 31.2 Å². The Hall–Kier alpha value is -1.05. The number of hydrogen-bond donors (Lipinski definition) is 1. The van der Waals surface area contributed by atoms with Crippen LogP contribution >= 0.6 is 0 Å². The van der Waals surface area contributed by atoms with Crippen LogP contribution in [0, 0.1) is 5.92 Å². The Kier molecular flexibility index (Phi) is 1.75. The van der Waals surface area contributed by atoms with Crippen LogP contribution in [0.3, 0.4) is 0 Å². The lowest BCUT2D eigenvalue weighted by atomic mass is 10.1. The molecule has 0 bridgehead atoms. The molecule has 0 amide bonds. The van der Waals surface area contributed by atoms with Gasteiger partial charge in [-0.15, -0.1) is 0 Å². The van der Waals surface area contributed by atoms with Gasteiger partial charge in [-0.1, -0.05) is 13.3 Å². The van der Waals surface area contributed by atoms with Gasteiger partial charge in [-0.25, -0.2) is 0 Å². The van der Waals surface area contributed by atoms with E-state index in [2.05, 4.69) is 11.9 Å². The molecule has 1 aromatic heterocycles. The first-order valence-corrected chi connectivity index (χ1v) is 4.45. The fourth-order valence-corrected chi connectivity index (χ4v) is 1.75. The largest absolute Gasteiger partial charge is 0.506 e. The zero-order valence-corrected chi connectivity index (χ0v) is 7.20. The average Bonchev–Trinajstić information content (AvgIpc) is 2.83. The van der Waals surface area contributed by atoms with Gasteiger partial charge in [0.2, 0.25) is 0 Å². The molecule has 1 N–H and O–H groups in total. The Morgan fingerprint density at radius 2 is 2.42 bits per heavy atom. The quantitative estimate of drug-likeness (QED) is 0.725. The van der Waals surface area contributed by atoms with Crippen LogP contribution in [0.5, 0.6) is 5.75 Å². The van der Waals surface area contributed by atoms with E-state index in [-0.39, 0.29) is 5.75 Å². The molecule has 2 nitrogen and oxygen atoms in total. The highest BCUT2D eigenvalue weighted by atomic mass is 16.3. The second-order valence-electron chi connectivity index (χ2n) is 3.49. The van der Waals surface area contributed by atoms with Crippen molar-refractivity contribution in [3.8, 4) is 5.75 Å². The van der Waals surface area contributed by atoms with Crippen molar-refractivity contribution in [2.24, 2.45) is 5.92 Å². The Morgan fingerprint density at radius 1 is 1.58 bits per heavy atom. The molecule has 2 unspecified atom stereocenters. The Bertz CT molecular complexity index is 285. The fraction of sp³-hybridized carbons (Fsp3) is 0.500. The summed E-state index contributed by atoms with van der Waals surface area (Å²) in [5, 5.41) is 9.19. The van der Waals surface area contributed by atoms with E-state index in [1.807, 2.05) is 12.3 Å². The first-order valence-electron chi connectivity index (χ1n) is 4.45. The highest BCUT2D eigenvalue weighted by molar-refractivity contribution is 5.29. The lowest BCUT2D eigenvalue weighted by Gasteiger charge is -1.98. The van der Waals surface area contributed by atoms with Gasteiger partial charge in [-0.3, -0.25) is 4.98 Å². The molecule has 0 spiro atoms. The third-order valence-corrected chi connectivity index (χ3v) is 2.62. The van der Waals surface area contributed by atoms with Gasteiger partial charge in [0.05, 0.1) is 6.20 Å². The summed E-state index contributed by atoms with van der Waals surface area (Å²) in [6, 6.07) is 1.83. The van der Waals surface area contributed by atoms with Crippen LogP contribution in [0.15, 0.2) is 18.5 Å². The lowest BCUT2D eigenvalue weighted by Crippen LogP contribution is -1.83. The number of aromatic nitrogens is 1. The number of rotatable bonds is 2. The first-order chi connectivity index (χ1) is 5.81. The third-order valence-electron chi connectivity index (χ3n) is 2.62. The SMILES string of the molecule is CCC1CC1c1cncc(O)c1. The molecule has 64 valence electrons. The minimum atomic E-state index is 0.286. The summed E-state index contributed by atoms with van der Waals surface area (Å²) in [5.41, 5.74) is 1.20. The fourth-order valence-electron chi connectivity index (χ4n) is 1.75. The van der Waals surface area contributed by atoms with Gasteiger partial charge < -0.3 is 5.11 Å². The average molecular weight is 163 g/mol. The van der Waals surface area contributed by atoms with E-state index in [1.165, 1.54) is 24.6 Å². The van der Waals surface area contributed by atoms with Crippen LogP contribution in [-0.4, -0.2) is 10.1 Å². The molecular weight excluding hydrogens is 150 g/mol. The van der Waals surface area contributed by atoms with Gasteiger partial charge in [0.25, 0.3) is 0 Å². The number of aromatic hydroxyl groups is 1. The second kappa shape index (κ2) is 2.77. The van der Waals surface area contributed by atoms with Crippen LogP contribution in [0.25, 0.3) is 0 Å². The van der Waals surface area contributed by atoms with Crippen LogP contribution in [-0.2, 0) is 0 Å². The minimum Gasteiger partial charge on any atom is -0.506 e. The van der Waals surface area contributed by atoms with Crippen molar-refractivity contribution < 1.29 is 5.11 Å². The monoisotopic (exact) mass is 163 g/mol. The summed E-state index contributed by atoms with van der Waals surface area (Å²) >= 11 is 0. The molecule has 1 saturated carbocycles. The molecule has 1 heterocycles. The first kappa shape index (κ1) is 7.59. The lowest BCUT2D eigenvalue weighted by molar-refractivity contribution is 0.471. The molecule has 0 aromatic carbocycles. The Morgan fingerprint density at radius 3 is 3.00 bits per heavy atom. The van der Waals surface area contributed by atoms with Gasteiger partial charge in [0, 0.05) is 6.20 Å². The number of pyridine rings is 1. The summed E-state index contributed by atoms with van der Waals surface area (Å²) in [5.74, 6) is 1.78. The van der Waals surface area contributed by atoms with Crippen molar-refractivity contribution in [2.75, 3.05) is 0 Å². The van der Waals surface area contributed by atoms with E-state index in [1.54, 1.807) is 0 Å². The maximum atomic E-state index is 9.19. The van der Waals surface area contributed by atoms with Gasteiger partial charge in [-0.2, -0.15) is 0 Å². The maximum absolute atomic E-state index is 9.19. The zero-order valence-electron chi connectivity index (χ0n) is 7.20. The van der Waals surface area contributed by atoms with Crippen molar-refractivity contribution in [1.82, 2.24) is 4.98 Å². The molecule has 2 rings (SSSR count). The molecule has 1 aliphatic carbocycles. The van der Waals surface area contributed by atoms with Crippen molar-refractivity contribution in [3.63, 3.8) is 0 Å². The molecule has 0 saturated heterocycles. The van der Waals surface area contributed by atoms with Crippen molar-refractivity contribution in [2.45, 2.75) is 25.7 Å². The predicted octanol–water partition coefficient (Wildman–Crippen LogP) is 2.30. The second-order valence-corrected chi connectivity index (χ2v) is 3.49. The van der Waals surface area contributed by atoms with Crippen molar-refractivity contribution in [3.05, 3.63) is 24.0 Å². The van der Waals surface area contributed by atoms with Crippen LogP contribution < -0.4 is 0 Å². The standard InChI is InChI=1S/C10H13NO/c1-2-7-4-10(7)8-3-9(12)6-11-5-8/h3,5-7,10,12H,2,4H2,1H3. The Balaban J connectivity index is 2.14. The number of hydrogen-bond acceptors (Lipinski definition) is 2. The summed E-state index contributed by atoms with van der Waals surface area (Å²) in [4.78, 5) is 3.96. The molecule has 0 aliphatic heterocycles. The van der Waals surface area contributed by atoms with Crippen molar-refractivity contribution >= 4 is 0 Å². The van der Waals surface area contributed by atoms with Gasteiger partial charge in [0.15, 0.2) is 0 Å². The molecule has 2 heteroatoms. The molecular formula is C10H13NO. The van der Waals surface area contributed by atoms with Gasteiger partial charge in [-0.05, 0) is 29.9 Å². The van der Waals surface area contributed by atoms with E-state index in [4.69, 9.17) is 0 Å². The highest BCUT2D eigenvalue weighted by Gasteiger charge is 2.36. The molecule has 0 radical (unpaired) electrons. The third kappa shape index (κ3) is 1.29. The predicted molar refractivity (Wildman–Crippen MR) is 47.0 cm³/mol. The van der Waals surface area contributed by atoms with Crippen LogP contribution in [0.4, 0.5) is 0 Å². The molecule has 1 aliphatic rings. The Labute approximate surface area is 72.3 Å². The molecule has 1 fully saturated rings. The van der Waals surface area contributed by atoms with Gasteiger partial charge in [0.1, 0.15) is 5.75 Å². The maximum Gasteiger partial charge on any atom is 0.134 e. The van der Waals surface area contributed by atoms with E-state index < -0.39 is 0 Å². The minimum absolute atomic E-state index is 0.286. The van der Waals surface area contributed by atoms with Gasteiger partial charge >= 0.3 is 0 Å². The smallest absolute Gasteiger partial charge is 0.134 e. The molecule has 2 atom stereocenters. The summed E-state index contributed by atoms with van der Waals surface area (Å²) in [7, 11) is 0. The van der Waals surface area contributed by atoms with Crippen LogP contribution in [0.2, 0.25) is 0 Å².